The van der Waals surface area contributed by atoms with Gasteiger partial charge in [0.1, 0.15) is 0 Å². The van der Waals surface area contributed by atoms with Gasteiger partial charge in [0.2, 0.25) is 0 Å². The molecule has 0 radical (unpaired) electrons. The first kappa shape index (κ1) is 8.31. The average Bonchev–Trinajstić information content (AvgIpc) is 2.37. The Labute approximate surface area is 74.1 Å². The van der Waals surface area contributed by atoms with Gasteiger partial charge in [-0.25, -0.2) is 0 Å². The van der Waals surface area contributed by atoms with Gasteiger partial charge in [0.05, 0.1) is 11.7 Å². The molecule has 0 aliphatic rings. The van der Waals surface area contributed by atoms with Gasteiger partial charge in [0.25, 0.3) is 0 Å². The largest absolute Gasteiger partial charge is 0.366 e. The summed E-state index contributed by atoms with van der Waals surface area (Å²) in [5.41, 5.74) is 0. The van der Waals surface area contributed by atoms with Gasteiger partial charge >= 0.3 is 0 Å². The molecule has 0 spiro atoms. The minimum atomic E-state index is 0.409. The molecule has 11 heavy (non-hydrogen) atoms. The van der Waals surface area contributed by atoms with Crippen LogP contribution in [-0.2, 0) is 0 Å². The van der Waals surface area contributed by atoms with Crippen molar-refractivity contribution in [3.05, 3.63) is 5.15 Å². The van der Waals surface area contributed by atoms with Crippen LogP contribution in [0.2, 0.25) is 5.15 Å². The van der Waals surface area contributed by atoms with Crippen LogP contribution in [0.1, 0.15) is 6.42 Å². The Morgan fingerprint density at radius 1 is 1.64 bits per heavy atom. The summed E-state index contributed by atoms with van der Waals surface area (Å²) in [7, 11) is 0. The van der Waals surface area contributed by atoms with Gasteiger partial charge in [-0.1, -0.05) is 11.6 Å². The molecular formula is C6H6ClN3S. The normalized spacial score (nSPS) is 9.09. The molecule has 1 heterocycles. The SMILES string of the molecule is C#CCCNc1nsnc1Cl. The molecule has 0 bridgehead atoms. The van der Waals surface area contributed by atoms with Crippen LogP contribution < -0.4 is 5.32 Å². The zero-order chi connectivity index (χ0) is 8.10. The van der Waals surface area contributed by atoms with Crippen LogP contribution in [0.4, 0.5) is 5.82 Å². The summed E-state index contributed by atoms with van der Waals surface area (Å²) in [6.45, 7) is 0.682. The van der Waals surface area contributed by atoms with Crippen molar-refractivity contribution in [2.75, 3.05) is 11.9 Å². The van der Waals surface area contributed by atoms with E-state index in [1.165, 1.54) is 0 Å². The molecule has 5 heteroatoms. The maximum absolute atomic E-state index is 5.64. The Morgan fingerprint density at radius 3 is 3.00 bits per heavy atom. The number of aromatic nitrogens is 2. The molecule has 1 aromatic rings. The third kappa shape index (κ3) is 2.37. The van der Waals surface area contributed by atoms with Gasteiger partial charge < -0.3 is 5.32 Å². The summed E-state index contributed by atoms with van der Waals surface area (Å²) in [6.07, 6.45) is 5.71. The number of halogens is 1. The Kier molecular flexibility index (Phi) is 3.14. The fraction of sp³-hybridized carbons (Fsp3) is 0.333. The summed E-state index contributed by atoms with van der Waals surface area (Å²) >= 11 is 6.72. The zero-order valence-corrected chi connectivity index (χ0v) is 7.24. The van der Waals surface area contributed by atoms with Crippen LogP contribution >= 0.6 is 23.3 Å². The van der Waals surface area contributed by atoms with Crippen molar-refractivity contribution in [2.24, 2.45) is 0 Å². The molecule has 0 atom stereocenters. The number of terminal acetylenes is 1. The van der Waals surface area contributed by atoms with E-state index in [4.69, 9.17) is 18.0 Å². The van der Waals surface area contributed by atoms with Crippen molar-refractivity contribution < 1.29 is 0 Å². The molecule has 0 fully saturated rings. The summed E-state index contributed by atoms with van der Waals surface area (Å²) < 4.78 is 7.68. The summed E-state index contributed by atoms with van der Waals surface area (Å²) in [6, 6.07) is 0. The molecule has 0 saturated heterocycles. The summed E-state index contributed by atoms with van der Waals surface area (Å²) in [4.78, 5) is 0. The number of hydrogen-bond donors (Lipinski definition) is 1. The minimum Gasteiger partial charge on any atom is -0.366 e. The maximum Gasteiger partial charge on any atom is 0.186 e. The quantitative estimate of drug-likeness (QED) is 0.578. The topological polar surface area (TPSA) is 37.8 Å². The number of hydrogen-bond acceptors (Lipinski definition) is 4. The van der Waals surface area contributed by atoms with E-state index >= 15 is 0 Å². The first-order chi connectivity index (χ1) is 5.34. The highest BCUT2D eigenvalue weighted by molar-refractivity contribution is 6.99. The standard InChI is InChI=1S/C6H6ClN3S/c1-2-3-4-8-6-5(7)9-11-10-6/h1H,3-4H2,(H,8,10). The maximum atomic E-state index is 5.64. The lowest BCUT2D eigenvalue weighted by molar-refractivity contribution is 1.09. The van der Waals surface area contributed by atoms with Crippen molar-refractivity contribution >= 4 is 29.1 Å². The molecule has 58 valence electrons. The van der Waals surface area contributed by atoms with E-state index in [1.54, 1.807) is 0 Å². The number of nitrogens with zero attached hydrogens (tertiary/aromatic N) is 2. The highest BCUT2D eigenvalue weighted by atomic mass is 35.5. The zero-order valence-electron chi connectivity index (χ0n) is 5.67. The summed E-state index contributed by atoms with van der Waals surface area (Å²) in [5.74, 6) is 3.12. The Balaban J connectivity index is 2.40. The van der Waals surface area contributed by atoms with Crippen LogP contribution in [0.15, 0.2) is 0 Å². The van der Waals surface area contributed by atoms with Crippen molar-refractivity contribution in [1.82, 2.24) is 8.75 Å². The molecule has 1 rings (SSSR count). The second-order valence-corrected chi connectivity index (χ2v) is 2.67. The number of nitrogens with one attached hydrogen (secondary N) is 1. The molecule has 0 amide bonds. The molecule has 0 saturated carbocycles. The second kappa shape index (κ2) is 4.16. The first-order valence-corrected chi connectivity index (χ1v) is 4.11. The predicted octanol–water partition coefficient (Wildman–Crippen LogP) is 1.63. The van der Waals surface area contributed by atoms with E-state index in [2.05, 4.69) is 20.0 Å². The van der Waals surface area contributed by atoms with Crippen LogP contribution in [0.25, 0.3) is 0 Å². The lowest BCUT2D eigenvalue weighted by Gasteiger charge is -1.96. The van der Waals surface area contributed by atoms with Crippen LogP contribution in [-0.4, -0.2) is 15.3 Å². The van der Waals surface area contributed by atoms with Gasteiger partial charge in [0.15, 0.2) is 11.0 Å². The van der Waals surface area contributed by atoms with Crippen molar-refractivity contribution in [1.29, 1.82) is 0 Å². The molecule has 1 aromatic heterocycles. The number of rotatable bonds is 3. The van der Waals surface area contributed by atoms with E-state index < -0.39 is 0 Å². The van der Waals surface area contributed by atoms with Crippen LogP contribution in [0.5, 0.6) is 0 Å². The van der Waals surface area contributed by atoms with Gasteiger partial charge in [0, 0.05) is 13.0 Å². The highest BCUT2D eigenvalue weighted by Gasteiger charge is 2.01. The van der Waals surface area contributed by atoms with Gasteiger partial charge in [-0.2, -0.15) is 8.75 Å². The van der Waals surface area contributed by atoms with Gasteiger partial charge in [-0.3, -0.25) is 0 Å². The lowest BCUT2D eigenvalue weighted by atomic mass is 10.4. The highest BCUT2D eigenvalue weighted by Crippen LogP contribution is 2.17. The molecule has 0 aromatic carbocycles. The predicted molar refractivity (Wildman–Crippen MR) is 46.9 cm³/mol. The monoisotopic (exact) mass is 187 g/mol. The Bertz CT molecular complexity index is 265. The molecule has 1 N–H and O–H groups in total. The molecular weight excluding hydrogens is 182 g/mol. The van der Waals surface area contributed by atoms with E-state index in [0.717, 1.165) is 11.7 Å². The first-order valence-electron chi connectivity index (χ1n) is 3.00. The molecule has 0 unspecified atom stereocenters. The third-order valence-electron chi connectivity index (χ3n) is 1.01. The third-order valence-corrected chi connectivity index (χ3v) is 1.90. The van der Waals surface area contributed by atoms with Crippen molar-refractivity contribution in [3.63, 3.8) is 0 Å². The second-order valence-electron chi connectivity index (χ2n) is 1.78. The number of anilines is 1. The molecule has 3 nitrogen and oxygen atoms in total. The van der Waals surface area contributed by atoms with Gasteiger partial charge in [-0.05, 0) is 0 Å². The van der Waals surface area contributed by atoms with E-state index in [1.807, 2.05) is 0 Å². The molecule has 0 aliphatic carbocycles. The Hall–Kier alpha value is -0.790. The van der Waals surface area contributed by atoms with Crippen molar-refractivity contribution in [2.45, 2.75) is 6.42 Å². The average molecular weight is 188 g/mol. The summed E-state index contributed by atoms with van der Waals surface area (Å²) in [5, 5.41) is 3.37. The Morgan fingerprint density at radius 2 is 2.45 bits per heavy atom. The minimum absolute atomic E-state index is 0.409. The van der Waals surface area contributed by atoms with E-state index in [-0.39, 0.29) is 0 Å². The van der Waals surface area contributed by atoms with E-state index in [9.17, 15) is 0 Å². The fourth-order valence-electron chi connectivity index (χ4n) is 0.536. The van der Waals surface area contributed by atoms with Gasteiger partial charge in [-0.15, -0.1) is 12.3 Å². The smallest absolute Gasteiger partial charge is 0.186 e. The lowest BCUT2D eigenvalue weighted by Crippen LogP contribution is -2.00. The van der Waals surface area contributed by atoms with Crippen molar-refractivity contribution in [3.8, 4) is 12.3 Å². The van der Waals surface area contributed by atoms with Crippen LogP contribution in [0, 0.1) is 12.3 Å². The fourth-order valence-corrected chi connectivity index (χ4v) is 1.22. The van der Waals surface area contributed by atoms with Crippen LogP contribution in [0.3, 0.4) is 0 Å². The van der Waals surface area contributed by atoms with E-state index in [0.29, 0.717) is 23.9 Å². The molecule has 0 aliphatic heterocycles.